The molecule has 23 heavy (non-hydrogen) atoms. The summed E-state index contributed by atoms with van der Waals surface area (Å²) in [7, 11) is 0. The molecule has 0 N–H and O–H groups in total. The number of rotatable bonds is 5. The zero-order valence-corrected chi connectivity index (χ0v) is 19.8. The van der Waals surface area contributed by atoms with Gasteiger partial charge >= 0.3 is 0 Å². The molecule has 0 fully saturated rings. The lowest BCUT2D eigenvalue weighted by molar-refractivity contribution is 0.702. The van der Waals surface area contributed by atoms with Gasteiger partial charge in [-0.25, -0.2) is 0 Å². The molecule has 0 radical (unpaired) electrons. The predicted molar refractivity (Wildman–Crippen MR) is 119 cm³/mol. The predicted octanol–water partition coefficient (Wildman–Crippen LogP) is 10.4. The molecule has 0 spiro atoms. The van der Waals surface area contributed by atoms with Crippen LogP contribution in [0.2, 0.25) is 0 Å². The third kappa shape index (κ3) is 352. The first-order chi connectivity index (χ1) is 11.0. The van der Waals surface area contributed by atoms with Gasteiger partial charge in [-0.3, -0.25) is 0 Å². The van der Waals surface area contributed by atoms with Gasteiger partial charge in [0, 0.05) is 0 Å². The Morgan fingerprint density at radius 1 is 0.261 bits per heavy atom. The van der Waals surface area contributed by atoms with Crippen molar-refractivity contribution in [2.75, 3.05) is 0 Å². The summed E-state index contributed by atoms with van der Waals surface area (Å²) in [6.45, 7) is 25.9. The monoisotopic (exact) mass is 334 g/mol. The fourth-order valence-electron chi connectivity index (χ4n) is 0.500. The van der Waals surface area contributed by atoms with Gasteiger partial charge in [0.1, 0.15) is 0 Å². The van der Waals surface area contributed by atoms with Crippen molar-refractivity contribution in [2.45, 2.75) is 154 Å². The Bertz CT molecular complexity index is 59.4. The Morgan fingerprint density at radius 3 is 0.435 bits per heavy atom. The van der Waals surface area contributed by atoms with Crippen LogP contribution in [0.1, 0.15) is 154 Å². The Hall–Kier alpha value is 0. The third-order valence-corrected chi connectivity index (χ3v) is 1.96. The molecule has 0 nitrogen and oxygen atoms in total. The zero-order chi connectivity index (χ0) is 19.8. The van der Waals surface area contributed by atoms with Gasteiger partial charge in [0.05, 0.1) is 0 Å². The fourth-order valence-corrected chi connectivity index (χ4v) is 0.500. The van der Waals surface area contributed by atoms with E-state index < -0.39 is 0 Å². The molecule has 0 heterocycles. The van der Waals surface area contributed by atoms with Crippen LogP contribution in [0.5, 0.6) is 0 Å². The fraction of sp³-hybridized carbons (Fsp3) is 1.00. The molecule has 0 aliphatic carbocycles. The molecule has 150 valence electrons. The summed E-state index contributed by atoms with van der Waals surface area (Å²) in [5.41, 5.74) is 0. The molecule has 0 aromatic carbocycles. The van der Waals surface area contributed by atoms with Gasteiger partial charge < -0.3 is 0 Å². The van der Waals surface area contributed by atoms with Crippen molar-refractivity contribution in [2.24, 2.45) is 0 Å². The Labute approximate surface area is 154 Å². The average molecular weight is 335 g/mol. The van der Waals surface area contributed by atoms with E-state index >= 15 is 0 Å². The second kappa shape index (κ2) is 80.2. The molecule has 0 saturated heterocycles. The average Bonchev–Trinajstić information content (AvgIpc) is 2.55. The van der Waals surface area contributed by atoms with E-state index in [9.17, 15) is 0 Å². The lowest BCUT2D eigenvalue weighted by atomic mass is 10.2. The van der Waals surface area contributed by atoms with Gasteiger partial charge in [-0.15, -0.1) is 0 Å². The molecule has 0 saturated carbocycles. The first-order valence-electron chi connectivity index (χ1n) is 11.0. The maximum Gasteiger partial charge on any atom is -0.0536 e. The highest BCUT2D eigenvalue weighted by Gasteiger charge is 1.75. The lowest BCUT2D eigenvalue weighted by Crippen LogP contribution is -1.66. The zero-order valence-electron chi connectivity index (χ0n) is 19.8. The Morgan fingerprint density at radius 2 is 0.391 bits per heavy atom. The van der Waals surface area contributed by atoms with Crippen LogP contribution in [0, 0.1) is 0 Å². The normalized spacial score (nSPS) is 7.30. The van der Waals surface area contributed by atoms with Gasteiger partial charge in [-0.2, -0.15) is 0 Å². The number of hydrogen-bond donors (Lipinski definition) is 0. The maximum atomic E-state index is 2.23. The minimum atomic E-state index is 1.25. The van der Waals surface area contributed by atoms with Crippen molar-refractivity contribution in [3.05, 3.63) is 0 Å². The van der Waals surface area contributed by atoms with E-state index in [-0.39, 0.29) is 0 Å². The van der Waals surface area contributed by atoms with Crippen molar-refractivity contribution < 1.29 is 0 Å². The Kier molecular flexibility index (Phi) is 134. The van der Waals surface area contributed by atoms with Crippen LogP contribution in [-0.4, -0.2) is 0 Å². The van der Waals surface area contributed by atoms with Crippen LogP contribution < -0.4 is 0 Å². The molecule has 0 heteroatoms. The van der Waals surface area contributed by atoms with Crippen molar-refractivity contribution in [3.63, 3.8) is 0 Å². The maximum absolute atomic E-state index is 2.23. The van der Waals surface area contributed by atoms with Crippen LogP contribution in [0.3, 0.4) is 0 Å². The lowest BCUT2D eigenvalue weighted by Gasteiger charge is -1.86. The molecule has 0 aromatic heterocycles. The van der Waals surface area contributed by atoms with Gasteiger partial charge in [-0.1, -0.05) is 154 Å². The smallest absolute Gasteiger partial charge is 0.0536 e. The topological polar surface area (TPSA) is 0 Å². The van der Waals surface area contributed by atoms with E-state index in [1.165, 1.54) is 70.6 Å². The molecule has 0 bridgehead atoms. The first kappa shape index (κ1) is 38.5. The number of hydrogen-bond acceptors (Lipinski definition) is 0. The highest BCUT2D eigenvalue weighted by Crippen LogP contribution is 1.95. The highest BCUT2D eigenvalue weighted by molar-refractivity contribution is 4.31. The van der Waals surface area contributed by atoms with Crippen molar-refractivity contribution in [1.29, 1.82) is 0 Å². The minimum Gasteiger partial charge on any atom is -0.0656 e. The molecular formula is C23H58. The van der Waals surface area contributed by atoms with Gasteiger partial charge in [0.25, 0.3) is 0 Å². The second-order valence-electron chi connectivity index (χ2n) is 5.83. The van der Waals surface area contributed by atoms with Crippen LogP contribution in [0.4, 0.5) is 0 Å². The summed E-state index contributed by atoms with van der Waals surface area (Å²) in [5, 5.41) is 0. The molecule has 0 amide bonds. The first-order valence-corrected chi connectivity index (χ1v) is 11.0. The summed E-state index contributed by atoms with van der Waals surface area (Å²) < 4.78 is 0. The van der Waals surface area contributed by atoms with E-state index in [2.05, 4.69) is 83.1 Å². The van der Waals surface area contributed by atoms with Gasteiger partial charge in [0.15, 0.2) is 0 Å². The molecule has 0 aliphatic heterocycles. The number of unbranched alkanes of at least 4 members (excludes halogenated alkanes) is 5. The second-order valence-corrected chi connectivity index (χ2v) is 5.83. The van der Waals surface area contributed by atoms with Crippen molar-refractivity contribution in [1.82, 2.24) is 0 Å². The van der Waals surface area contributed by atoms with Crippen molar-refractivity contribution in [3.8, 4) is 0 Å². The van der Waals surface area contributed by atoms with Crippen LogP contribution in [0.25, 0.3) is 0 Å². The summed E-state index contributed by atoms with van der Waals surface area (Å²) in [6, 6.07) is 0. The minimum absolute atomic E-state index is 1.25. The molecule has 0 atom stereocenters. The molecule has 0 aliphatic rings. The van der Waals surface area contributed by atoms with E-state index in [0.717, 1.165) is 0 Å². The summed E-state index contributed by atoms with van der Waals surface area (Å²) in [6.07, 6.45) is 14.6. The summed E-state index contributed by atoms with van der Waals surface area (Å²) in [4.78, 5) is 0. The molecule has 0 aromatic rings. The SMILES string of the molecule is CCC.CCC.CCC.CCCC.CCCC.CCCCCC. The summed E-state index contributed by atoms with van der Waals surface area (Å²) >= 11 is 0. The van der Waals surface area contributed by atoms with Gasteiger partial charge in [-0.05, 0) is 0 Å². The van der Waals surface area contributed by atoms with E-state index in [1.807, 2.05) is 0 Å². The van der Waals surface area contributed by atoms with Crippen molar-refractivity contribution >= 4 is 0 Å². The van der Waals surface area contributed by atoms with Crippen LogP contribution >= 0.6 is 0 Å². The largest absolute Gasteiger partial charge is 0.0656 e. The molecule has 0 rings (SSSR count). The third-order valence-electron chi connectivity index (χ3n) is 1.96. The highest BCUT2D eigenvalue weighted by atomic mass is 13.8. The standard InChI is InChI=1S/C6H14.2C4H10.3C3H8/c1-3-5-6-4-2;2*1-3-4-2;3*1-3-2/h3-6H2,1-2H3;2*3-4H2,1-2H3;3*3H2,1-2H3. The van der Waals surface area contributed by atoms with E-state index in [4.69, 9.17) is 0 Å². The Balaban J connectivity index is -0.0000000387. The summed E-state index contributed by atoms with van der Waals surface area (Å²) in [5.74, 6) is 0. The molecule has 0 unspecified atom stereocenters. The van der Waals surface area contributed by atoms with E-state index in [1.54, 1.807) is 0 Å². The van der Waals surface area contributed by atoms with Gasteiger partial charge in [0.2, 0.25) is 0 Å². The van der Waals surface area contributed by atoms with Crippen LogP contribution in [0.15, 0.2) is 0 Å². The van der Waals surface area contributed by atoms with E-state index in [0.29, 0.717) is 0 Å². The quantitative estimate of drug-likeness (QED) is 0.438. The molecular weight excluding hydrogens is 276 g/mol. The van der Waals surface area contributed by atoms with Crippen LogP contribution in [-0.2, 0) is 0 Å².